The molecule has 0 aliphatic carbocycles. The average Bonchev–Trinajstić information content (AvgIpc) is 1.17. The van der Waals surface area contributed by atoms with Crippen LogP contribution in [0.1, 0.15) is 105 Å². The highest BCUT2D eigenvalue weighted by Crippen LogP contribution is 2.54. The molecule has 0 spiro atoms. The zero-order valence-electron chi connectivity index (χ0n) is 63.3. The van der Waals surface area contributed by atoms with Gasteiger partial charge in [-0.3, -0.25) is 0 Å². The third kappa shape index (κ3) is 10.6. The van der Waals surface area contributed by atoms with Gasteiger partial charge in [-0.25, -0.2) is 0 Å². The van der Waals surface area contributed by atoms with Crippen LogP contribution in [0.15, 0.2) is 309 Å². The molecule has 2 aromatic heterocycles. The van der Waals surface area contributed by atoms with Gasteiger partial charge >= 0.3 is 0 Å². The van der Waals surface area contributed by atoms with E-state index < -0.39 is 0 Å². The second kappa shape index (κ2) is 24.3. The minimum absolute atomic E-state index is 0.0555. The molecule has 0 fully saturated rings. The Morgan fingerprint density at radius 2 is 0.561 bits per heavy atom. The summed E-state index contributed by atoms with van der Waals surface area (Å²) in [4.78, 5) is 5.38. The van der Waals surface area contributed by atoms with Crippen LogP contribution in [0.25, 0.3) is 121 Å². The van der Waals surface area contributed by atoms with Crippen molar-refractivity contribution in [3.05, 3.63) is 332 Å². The van der Waals surface area contributed by atoms with Gasteiger partial charge < -0.3 is 18.9 Å². The molecular formula is C102H87BN4. The Morgan fingerprint density at radius 1 is 0.224 bits per heavy atom. The second-order valence-corrected chi connectivity index (χ2v) is 34.1. The van der Waals surface area contributed by atoms with Crippen LogP contribution in [-0.2, 0) is 21.7 Å². The fourth-order valence-corrected chi connectivity index (χ4v) is 17.8. The van der Waals surface area contributed by atoms with Crippen molar-refractivity contribution in [1.82, 2.24) is 9.13 Å². The lowest BCUT2D eigenvalue weighted by molar-refractivity contribution is 0.590. The van der Waals surface area contributed by atoms with Crippen LogP contribution in [-0.4, -0.2) is 15.8 Å². The molecular weight excluding hydrogens is 1290 g/mol. The summed E-state index contributed by atoms with van der Waals surface area (Å²) in [6, 6.07) is 119. The number of benzene rings is 15. The normalized spacial score (nSPS) is 13.2. The highest BCUT2D eigenvalue weighted by Gasteiger charge is 2.46. The zero-order valence-corrected chi connectivity index (χ0v) is 63.3. The number of hydrogen-bond donors (Lipinski definition) is 0. The summed E-state index contributed by atoms with van der Waals surface area (Å²) in [5, 5.41) is 9.85. The number of anilines is 6. The molecule has 4 nitrogen and oxygen atoms in total. The Kier molecular flexibility index (Phi) is 15.0. The molecule has 0 unspecified atom stereocenters. The van der Waals surface area contributed by atoms with E-state index in [0.717, 1.165) is 73.2 Å². The Balaban J connectivity index is 0.985. The summed E-state index contributed by atoms with van der Waals surface area (Å²) in [6.07, 6.45) is 0. The lowest BCUT2D eigenvalue weighted by Crippen LogP contribution is -2.61. The van der Waals surface area contributed by atoms with Gasteiger partial charge in [0.2, 0.25) is 0 Å². The summed E-state index contributed by atoms with van der Waals surface area (Å²) in [5.74, 6) is 0. The molecule has 107 heavy (non-hydrogen) atoms. The summed E-state index contributed by atoms with van der Waals surface area (Å²) in [5.41, 5.74) is 31.6. The predicted octanol–water partition coefficient (Wildman–Crippen LogP) is 26.1. The lowest BCUT2D eigenvalue weighted by Gasteiger charge is -2.45. The number of rotatable bonds is 8. The Labute approximate surface area is 629 Å². The lowest BCUT2D eigenvalue weighted by atomic mass is 9.33. The Hall–Kier alpha value is -11.9. The average molecular weight is 1380 g/mol. The molecule has 4 heterocycles. The molecule has 19 rings (SSSR count). The first-order valence-electron chi connectivity index (χ1n) is 38.2. The van der Waals surface area contributed by atoms with E-state index in [2.05, 4.69) is 411 Å². The van der Waals surface area contributed by atoms with Gasteiger partial charge in [-0.1, -0.05) is 301 Å². The maximum Gasteiger partial charge on any atom is 0.252 e. The number of para-hydroxylation sites is 2. The fraction of sp³-hybridized carbons (Fsp3) is 0.157. The predicted molar refractivity (Wildman–Crippen MR) is 461 cm³/mol. The second-order valence-electron chi connectivity index (χ2n) is 34.1. The number of fused-ring (bicyclic) bond motifs is 12. The standard InChI is InChI=1S/C102H87BN4/c1-99(2,3)68-45-52-88(80(57-68)64-30-16-13-17-31-64)106-92-56-67(97-78-40-24-22-38-76(78)96(66-34-20-15-21-35-66)77-39-23-25-41-79(77)97)44-50-84(92)103-85-51-49-72(104-90-54-47-70(101(7,8)9)59-82(90)83-60-71(102(10,11)12)48-55-91(83)104)61-93(85)107(89-53-46-69(100(4,5)6)58-81(89)65-32-18-14-19-33-65)95-63-73(62-94(106)98(95)103)105-86-42-28-26-36-74(86)75-37-27-29-43-87(75)105/h13-63H,1-12H3. The van der Waals surface area contributed by atoms with E-state index in [1.165, 1.54) is 121 Å². The summed E-state index contributed by atoms with van der Waals surface area (Å²) < 4.78 is 5.11. The topological polar surface area (TPSA) is 16.3 Å². The Morgan fingerprint density at radius 3 is 1.00 bits per heavy atom. The van der Waals surface area contributed by atoms with E-state index in [4.69, 9.17) is 0 Å². The van der Waals surface area contributed by atoms with Gasteiger partial charge in [-0.05, 0) is 206 Å². The van der Waals surface area contributed by atoms with Crippen molar-refractivity contribution in [2.75, 3.05) is 9.80 Å². The molecule has 0 saturated heterocycles. The van der Waals surface area contributed by atoms with E-state index in [-0.39, 0.29) is 28.4 Å². The quantitative estimate of drug-likeness (QED) is 0.111. The van der Waals surface area contributed by atoms with E-state index in [1.807, 2.05) is 0 Å². The first-order valence-corrected chi connectivity index (χ1v) is 38.2. The van der Waals surface area contributed by atoms with E-state index in [9.17, 15) is 0 Å². The largest absolute Gasteiger partial charge is 0.311 e. The van der Waals surface area contributed by atoms with Gasteiger partial charge in [0.15, 0.2) is 0 Å². The molecule has 0 saturated carbocycles. The summed E-state index contributed by atoms with van der Waals surface area (Å²) in [6.45, 7) is 27.8. The van der Waals surface area contributed by atoms with Crippen molar-refractivity contribution in [3.63, 3.8) is 0 Å². The van der Waals surface area contributed by atoms with E-state index >= 15 is 0 Å². The summed E-state index contributed by atoms with van der Waals surface area (Å²) >= 11 is 0. The maximum absolute atomic E-state index is 2.69. The van der Waals surface area contributed by atoms with Gasteiger partial charge in [-0.15, -0.1) is 0 Å². The highest BCUT2D eigenvalue weighted by molar-refractivity contribution is 7.00. The Bertz CT molecular complexity index is 6300. The van der Waals surface area contributed by atoms with Gasteiger partial charge in [0, 0.05) is 61.1 Å². The first kappa shape index (κ1) is 65.8. The minimum Gasteiger partial charge on any atom is -0.311 e. The van der Waals surface area contributed by atoms with Crippen LogP contribution in [0.5, 0.6) is 0 Å². The van der Waals surface area contributed by atoms with Crippen LogP contribution in [0.4, 0.5) is 34.1 Å². The van der Waals surface area contributed by atoms with Crippen molar-refractivity contribution in [2.45, 2.75) is 105 Å². The van der Waals surface area contributed by atoms with Crippen LogP contribution in [0, 0.1) is 0 Å². The number of hydrogen-bond acceptors (Lipinski definition) is 2. The molecule has 2 aliphatic rings. The molecule has 17 aromatic rings. The molecule has 0 atom stereocenters. The third-order valence-corrected chi connectivity index (χ3v) is 23.3. The first-order chi connectivity index (χ1) is 51.6. The molecule has 0 N–H and O–H groups in total. The molecule has 0 amide bonds. The van der Waals surface area contributed by atoms with Crippen molar-refractivity contribution in [3.8, 4) is 55.9 Å². The van der Waals surface area contributed by atoms with Crippen LogP contribution >= 0.6 is 0 Å². The van der Waals surface area contributed by atoms with Crippen LogP contribution < -0.4 is 26.2 Å². The van der Waals surface area contributed by atoms with E-state index in [0.29, 0.717) is 0 Å². The molecule has 0 bridgehead atoms. The minimum atomic E-state index is -0.244. The number of aromatic nitrogens is 2. The molecule has 15 aromatic carbocycles. The fourth-order valence-electron chi connectivity index (χ4n) is 17.8. The monoisotopic (exact) mass is 1380 g/mol. The number of nitrogens with zero attached hydrogens (tertiary/aromatic N) is 4. The van der Waals surface area contributed by atoms with Crippen molar-refractivity contribution >= 4 is 122 Å². The van der Waals surface area contributed by atoms with Gasteiger partial charge in [0.1, 0.15) is 0 Å². The van der Waals surface area contributed by atoms with Crippen molar-refractivity contribution in [2.24, 2.45) is 0 Å². The smallest absolute Gasteiger partial charge is 0.252 e. The van der Waals surface area contributed by atoms with Crippen LogP contribution in [0.3, 0.4) is 0 Å². The third-order valence-electron chi connectivity index (χ3n) is 23.3. The molecule has 2 aliphatic heterocycles. The zero-order chi connectivity index (χ0) is 73.2. The molecule has 0 radical (unpaired) electrons. The summed E-state index contributed by atoms with van der Waals surface area (Å²) in [7, 11) is 0. The van der Waals surface area contributed by atoms with Crippen molar-refractivity contribution in [1.29, 1.82) is 0 Å². The highest BCUT2D eigenvalue weighted by atomic mass is 15.2. The van der Waals surface area contributed by atoms with Crippen molar-refractivity contribution < 1.29 is 0 Å². The molecule has 518 valence electrons. The van der Waals surface area contributed by atoms with Gasteiger partial charge in [-0.2, -0.15) is 0 Å². The van der Waals surface area contributed by atoms with Gasteiger partial charge in [0.25, 0.3) is 6.71 Å². The van der Waals surface area contributed by atoms with E-state index in [1.54, 1.807) is 0 Å². The van der Waals surface area contributed by atoms with Gasteiger partial charge in [0.05, 0.1) is 39.1 Å². The maximum atomic E-state index is 2.69. The van der Waals surface area contributed by atoms with Crippen LogP contribution in [0.2, 0.25) is 0 Å². The molecule has 5 heteroatoms. The SMILES string of the molecule is CC(C)(C)c1ccc(N2c3cc(-c4c5ccccc5c(-c5ccccc5)c5ccccc45)ccc3B3c4ccc(-n5c6ccc(C(C)(C)C)cc6c6cc(C(C)(C)C)ccc65)cc4N(c4ccc(C(C)(C)C)cc4-c4ccccc4)c4cc(-n5c6ccccc6c6ccccc65)cc2c43)c(-c2ccccc2)c1.